The predicted molar refractivity (Wildman–Crippen MR) is 81.3 cm³/mol. The van der Waals surface area contributed by atoms with Gasteiger partial charge in [0.05, 0.1) is 17.7 Å². The average molecular weight is 314 g/mol. The Balaban J connectivity index is 1.86. The molecule has 2 aromatic carbocycles. The van der Waals surface area contributed by atoms with E-state index in [0.29, 0.717) is 25.1 Å². The van der Waals surface area contributed by atoms with Gasteiger partial charge in [0, 0.05) is 19.1 Å². The number of likely N-dealkylation sites (tertiary alicyclic amines) is 1. The SMILES string of the molecule is N#Cc1cc(F)ccc1CN1C[C@@H](O)C[C@@H]1c1ccc(F)cc1. The van der Waals surface area contributed by atoms with Crippen molar-refractivity contribution in [2.75, 3.05) is 6.54 Å². The van der Waals surface area contributed by atoms with Crippen LogP contribution >= 0.6 is 0 Å². The third-order valence-electron chi connectivity index (χ3n) is 4.20. The molecule has 1 N–H and O–H groups in total. The quantitative estimate of drug-likeness (QED) is 0.947. The van der Waals surface area contributed by atoms with E-state index in [1.165, 1.54) is 24.3 Å². The molecule has 0 saturated carbocycles. The number of nitriles is 1. The number of aliphatic hydroxyl groups is 1. The van der Waals surface area contributed by atoms with Crippen LogP contribution in [0, 0.1) is 23.0 Å². The lowest BCUT2D eigenvalue weighted by atomic mass is 10.0. The molecule has 0 amide bonds. The van der Waals surface area contributed by atoms with Gasteiger partial charge in [-0.05, 0) is 41.8 Å². The number of β-amino-alcohol motifs (C(OH)–C–C–N with tert-alkyl or cyclic N) is 1. The van der Waals surface area contributed by atoms with E-state index in [9.17, 15) is 13.9 Å². The van der Waals surface area contributed by atoms with Gasteiger partial charge in [0.15, 0.2) is 0 Å². The van der Waals surface area contributed by atoms with Crippen LogP contribution in [-0.4, -0.2) is 22.7 Å². The molecule has 3 rings (SSSR count). The molecule has 0 radical (unpaired) electrons. The lowest BCUT2D eigenvalue weighted by molar-refractivity contribution is 0.172. The van der Waals surface area contributed by atoms with Crippen LogP contribution in [0.25, 0.3) is 0 Å². The van der Waals surface area contributed by atoms with Crippen LogP contribution in [0.4, 0.5) is 8.78 Å². The standard InChI is InChI=1S/C18H16F2N2O/c19-15-4-1-12(2-5-15)18-8-17(23)11-22(18)10-13-3-6-16(20)7-14(13)9-21/h1-7,17-18,23H,8,10-11H2/t17-,18+/m0/s1. The molecule has 1 aliphatic heterocycles. The van der Waals surface area contributed by atoms with E-state index < -0.39 is 11.9 Å². The van der Waals surface area contributed by atoms with Crippen molar-refractivity contribution < 1.29 is 13.9 Å². The van der Waals surface area contributed by atoms with Gasteiger partial charge in [0.25, 0.3) is 0 Å². The Bertz CT molecular complexity index is 740. The van der Waals surface area contributed by atoms with Crippen molar-refractivity contribution in [2.45, 2.75) is 25.1 Å². The van der Waals surface area contributed by atoms with Gasteiger partial charge >= 0.3 is 0 Å². The van der Waals surface area contributed by atoms with E-state index in [1.54, 1.807) is 18.2 Å². The van der Waals surface area contributed by atoms with Crippen molar-refractivity contribution in [3.63, 3.8) is 0 Å². The van der Waals surface area contributed by atoms with E-state index in [-0.39, 0.29) is 11.9 Å². The van der Waals surface area contributed by atoms with Crippen molar-refractivity contribution >= 4 is 0 Å². The summed E-state index contributed by atoms with van der Waals surface area (Å²) in [5.41, 5.74) is 1.93. The number of benzene rings is 2. The van der Waals surface area contributed by atoms with Crippen LogP contribution in [0.1, 0.15) is 29.2 Å². The lowest BCUT2D eigenvalue weighted by Gasteiger charge is -2.25. The molecule has 3 nitrogen and oxygen atoms in total. The molecule has 0 aliphatic carbocycles. The lowest BCUT2D eigenvalue weighted by Crippen LogP contribution is -2.24. The molecule has 23 heavy (non-hydrogen) atoms. The minimum Gasteiger partial charge on any atom is -0.392 e. The molecule has 2 atom stereocenters. The Morgan fingerprint density at radius 2 is 1.83 bits per heavy atom. The first kappa shape index (κ1) is 15.6. The summed E-state index contributed by atoms with van der Waals surface area (Å²) >= 11 is 0. The van der Waals surface area contributed by atoms with Crippen LogP contribution in [-0.2, 0) is 6.54 Å². The minimum atomic E-state index is -0.476. The first-order chi connectivity index (χ1) is 11.1. The summed E-state index contributed by atoms with van der Waals surface area (Å²) < 4.78 is 26.3. The number of aliphatic hydroxyl groups excluding tert-OH is 1. The Kier molecular flexibility index (Phi) is 4.37. The van der Waals surface area contributed by atoms with Crippen molar-refractivity contribution in [3.05, 3.63) is 70.8 Å². The number of hydrogen-bond donors (Lipinski definition) is 1. The Morgan fingerprint density at radius 1 is 1.13 bits per heavy atom. The van der Waals surface area contributed by atoms with Crippen LogP contribution in [0.2, 0.25) is 0 Å². The molecule has 1 fully saturated rings. The maximum absolute atomic E-state index is 13.2. The van der Waals surface area contributed by atoms with Gasteiger partial charge in [-0.15, -0.1) is 0 Å². The molecule has 0 spiro atoms. The smallest absolute Gasteiger partial charge is 0.124 e. The van der Waals surface area contributed by atoms with Crippen LogP contribution in [0.15, 0.2) is 42.5 Å². The number of halogens is 2. The molecular weight excluding hydrogens is 298 g/mol. The fourth-order valence-corrected chi connectivity index (χ4v) is 3.10. The molecule has 1 heterocycles. The van der Waals surface area contributed by atoms with Crippen molar-refractivity contribution in [2.24, 2.45) is 0 Å². The third kappa shape index (κ3) is 3.39. The number of nitrogens with zero attached hydrogens (tertiary/aromatic N) is 2. The van der Waals surface area contributed by atoms with Gasteiger partial charge in [-0.3, -0.25) is 4.90 Å². The van der Waals surface area contributed by atoms with Gasteiger partial charge in [-0.1, -0.05) is 18.2 Å². The monoisotopic (exact) mass is 314 g/mol. The highest BCUT2D eigenvalue weighted by Crippen LogP contribution is 2.34. The second-order valence-corrected chi connectivity index (χ2v) is 5.80. The minimum absolute atomic E-state index is 0.0535. The summed E-state index contributed by atoms with van der Waals surface area (Å²) in [6.07, 6.45) is 0.0744. The second-order valence-electron chi connectivity index (χ2n) is 5.80. The third-order valence-corrected chi connectivity index (χ3v) is 4.20. The zero-order chi connectivity index (χ0) is 16.4. The molecule has 2 aromatic rings. The highest BCUT2D eigenvalue weighted by Gasteiger charge is 2.32. The van der Waals surface area contributed by atoms with Crippen LogP contribution < -0.4 is 0 Å². The van der Waals surface area contributed by atoms with Gasteiger partial charge in [0.1, 0.15) is 11.6 Å². The molecule has 5 heteroatoms. The number of hydrogen-bond acceptors (Lipinski definition) is 3. The van der Waals surface area contributed by atoms with Gasteiger partial charge in [-0.25, -0.2) is 8.78 Å². The van der Waals surface area contributed by atoms with E-state index in [2.05, 4.69) is 0 Å². The first-order valence-corrected chi connectivity index (χ1v) is 7.43. The summed E-state index contributed by atoms with van der Waals surface area (Å²) in [5.74, 6) is -0.744. The van der Waals surface area contributed by atoms with E-state index in [0.717, 1.165) is 11.1 Å². The molecule has 1 saturated heterocycles. The fraction of sp³-hybridized carbons (Fsp3) is 0.278. The van der Waals surface area contributed by atoms with Gasteiger partial charge in [-0.2, -0.15) is 5.26 Å². The van der Waals surface area contributed by atoms with Crippen molar-refractivity contribution in [1.82, 2.24) is 4.90 Å². The molecule has 0 aromatic heterocycles. The predicted octanol–water partition coefficient (Wildman–Crippen LogP) is 3.14. The summed E-state index contributed by atoms with van der Waals surface area (Å²) in [5, 5.41) is 19.1. The highest BCUT2D eigenvalue weighted by atomic mass is 19.1. The van der Waals surface area contributed by atoms with E-state index in [4.69, 9.17) is 5.26 Å². The Morgan fingerprint density at radius 3 is 2.52 bits per heavy atom. The maximum atomic E-state index is 13.2. The fourth-order valence-electron chi connectivity index (χ4n) is 3.10. The maximum Gasteiger partial charge on any atom is 0.124 e. The van der Waals surface area contributed by atoms with Crippen LogP contribution in [0.5, 0.6) is 0 Å². The Labute approximate surface area is 133 Å². The van der Waals surface area contributed by atoms with Crippen molar-refractivity contribution in [3.8, 4) is 6.07 Å². The topological polar surface area (TPSA) is 47.3 Å². The molecule has 0 bridgehead atoms. The summed E-state index contributed by atoms with van der Waals surface area (Å²) in [6, 6.07) is 12.3. The summed E-state index contributed by atoms with van der Waals surface area (Å²) in [7, 11) is 0. The highest BCUT2D eigenvalue weighted by molar-refractivity contribution is 5.38. The molecule has 118 valence electrons. The largest absolute Gasteiger partial charge is 0.392 e. The second kappa shape index (κ2) is 6.45. The number of rotatable bonds is 3. The molecule has 0 unspecified atom stereocenters. The van der Waals surface area contributed by atoms with Crippen LogP contribution in [0.3, 0.4) is 0 Å². The van der Waals surface area contributed by atoms with E-state index >= 15 is 0 Å². The van der Waals surface area contributed by atoms with E-state index in [1.807, 2.05) is 11.0 Å². The van der Waals surface area contributed by atoms with Gasteiger partial charge < -0.3 is 5.11 Å². The average Bonchev–Trinajstić information content (AvgIpc) is 2.90. The summed E-state index contributed by atoms with van der Waals surface area (Å²) in [4.78, 5) is 2.03. The molecule has 1 aliphatic rings. The zero-order valence-corrected chi connectivity index (χ0v) is 12.4. The molecular formula is C18H16F2N2O. The Hall–Kier alpha value is -2.29. The normalized spacial score (nSPS) is 21.3. The first-order valence-electron chi connectivity index (χ1n) is 7.43. The van der Waals surface area contributed by atoms with Crippen molar-refractivity contribution in [1.29, 1.82) is 5.26 Å². The summed E-state index contributed by atoms with van der Waals surface area (Å²) in [6.45, 7) is 0.895. The van der Waals surface area contributed by atoms with Gasteiger partial charge in [0.2, 0.25) is 0 Å². The zero-order valence-electron chi connectivity index (χ0n) is 12.4.